The summed E-state index contributed by atoms with van der Waals surface area (Å²) in [6.45, 7) is 0. The van der Waals surface area contributed by atoms with E-state index in [9.17, 15) is 0 Å². The Bertz CT molecular complexity index is 214. The fourth-order valence-electron chi connectivity index (χ4n) is 0. The molecular formula is Ba2O6S4. The molecule has 64 valence electrons. The SMILES string of the molecule is O=S([O-])([O-])=S.O=S([O-])([O-])=S.[Ba+2].[Ba+2]. The Balaban J connectivity index is -0.0000000457. The van der Waals surface area contributed by atoms with Crippen molar-refractivity contribution in [1.82, 2.24) is 0 Å². The van der Waals surface area contributed by atoms with Crippen molar-refractivity contribution in [3.63, 3.8) is 0 Å². The van der Waals surface area contributed by atoms with E-state index in [1.165, 1.54) is 0 Å². The van der Waals surface area contributed by atoms with E-state index in [4.69, 9.17) is 26.6 Å². The second-order valence-electron chi connectivity index (χ2n) is 0.816. The van der Waals surface area contributed by atoms with Gasteiger partial charge >= 0.3 is 97.8 Å². The van der Waals surface area contributed by atoms with Gasteiger partial charge in [0.2, 0.25) is 0 Å². The van der Waals surface area contributed by atoms with Crippen molar-refractivity contribution in [1.29, 1.82) is 0 Å². The third kappa shape index (κ3) is 160. The molecular weight excluding hydrogens is 499 g/mol. The summed E-state index contributed by atoms with van der Waals surface area (Å²) in [6, 6.07) is 0. The molecule has 0 aromatic rings. The molecule has 0 rings (SSSR count). The third-order valence-electron chi connectivity index (χ3n) is 0. The van der Waals surface area contributed by atoms with Crippen LogP contribution in [0.25, 0.3) is 0 Å². The predicted molar refractivity (Wildman–Crippen MR) is 45.6 cm³/mol. The first kappa shape index (κ1) is 24.8. The Labute approximate surface area is 160 Å². The van der Waals surface area contributed by atoms with Crippen molar-refractivity contribution >= 4 is 138 Å². The maximum atomic E-state index is 8.89. The minimum atomic E-state index is -4.33. The van der Waals surface area contributed by atoms with Gasteiger partial charge in [0.05, 0.1) is 0 Å². The Morgan fingerprint density at radius 1 is 0.750 bits per heavy atom. The van der Waals surface area contributed by atoms with E-state index in [-0.39, 0.29) is 97.8 Å². The standard InChI is InChI=1S/2Ba.2H2O3S2/c;;2*1-5(2,3)4/h;;2*(H2,1,2,3,4)/q2*+2;;/p-4. The fraction of sp³-hybridized carbons (Fsp3) is 0. The molecule has 0 aliphatic heterocycles. The van der Waals surface area contributed by atoms with Crippen LogP contribution in [0.4, 0.5) is 0 Å². The molecule has 12 heteroatoms. The Morgan fingerprint density at radius 3 is 0.750 bits per heavy atom. The van der Waals surface area contributed by atoms with E-state index < -0.39 is 18.1 Å². The van der Waals surface area contributed by atoms with Gasteiger partial charge in [-0.05, 0) is 22.4 Å². The molecule has 0 aromatic heterocycles. The zero-order valence-electron chi connectivity index (χ0n) is 5.50. The van der Waals surface area contributed by atoms with Gasteiger partial charge in [0, 0.05) is 0 Å². The fourth-order valence-corrected chi connectivity index (χ4v) is 0. The van der Waals surface area contributed by atoms with Crippen molar-refractivity contribution in [2.24, 2.45) is 0 Å². The summed E-state index contributed by atoms with van der Waals surface area (Å²) >= 11 is 6.49. The summed E-state index contributed by atoms with van der Waals surface area (Å²) in [5, 5.41) is 0. The topological polar surface area (TPSA) is 126 Å². The minimum Gasteiger partial charge on any atom is -0.780 e. The molecule has 0 heterocycles. The number of hydrogen-bond donors (Lipinski definition) is 0. The maximum absolute atomic E-state index is 8.89. The zero-order chi connectivity index (χ0) is 9.00. The third-order valence-corrected chi connectivity index (χ3v) is 0. The number of rotatable bonds is 0. The van der Waals surface area contributed by atoms with Crippen LogP contribution in [0.15, 0.2) is 0 Å². The molecule has 0 fully saturated rings. The number of hydrogen-bond acceptors (Lipinski definition) is 8. The van der Waals surface area contributed by atoms with Gasteiger partial charge in [-0.3, -0.25) is 8.42 Å². The average Bonchev–Trinajstić information content (AvgIpc) is 1.12. The molecule has 0 amide bonds. The molecule has 6 nitrogen and oxygen atoms in total. The van der Waals surface area contributed by atoms with Gasteiger partial charge < -0.3 is 18.2 Å². The van der Waals surface area contributed by atoms with Crippen molar-refractivity contribution in [3.8, 4) is 0 Å². The van der Waals surface area contributed by atoms with Gasteiger partial charge in [-0.1, -0.05) is 0 Å². The van der Waals surface area contributed by atoms with Crippen LogP contribution in [0.1, 0.15) is 0 Å². The summed E-state index contributed by atoms with van der Waals surface area (Å²) in [5.41, 5.74) is 0. The van der Waals surface area contributed by atoms with Crippen molar-refractivity contribution in [3.05, 3.63) is 0 Å². The largest absolute Gasteiger partial charge is 2.00 e. The van der Waals surface area contributed by atoms with Crippen LogP contribution in [0.5, 0.6) is 0 Å². The van der Waals surface area contributed by atoms with E-state index in [1.54, 1.807) is 0 Å². The first-order chi connectivity index (χ1) is 4.00. The Kier molecular flexibility index (Phi) is 23.2. The molecule has 0 saturated carbocycles. The first-order valence-electron chi connectivity index (χ1n) is 1.33. The molecule has 0 N–H and O–H groups in total. The molecule has 0 aliphatic carbocycles. The van der Waals surface area contributed by atoms with E-state index in [0.717, 1.165) is 0 Å². The monoisotopic (exact) mass is 500 g/mol. The summed E-state index contributed by atoms with van der Waals surface area (Å²) in [6.07, 6.45) is 0. The van der Waals surface area contributed by atoms with Gasteiger partial charge in [0.1, 0.15) is 0 Å². The molecule has 0 aliphatic rings. The summed E-state index contributed by atoms with van der Waals surface area (Å²) in [5.74, 6) is 0. The van der Waals surface area contributed by atoms with E-state index in [2.05, 4.69) is 22.4 Å². The van der Waals surface area contributed by atoms with Crippen LogP contribution in [0.3, 0.4) is 0 Å². The maximum Gasteiger partial charge on any atom is 2.00 e. The zero-order valence-corrected chi connectivity index (χ0v) is 17.6. The van der Waals surface area contributed by atoms with Crippen molar-refractivity contribution in [2.45, 2.75) is 0 Å². The van der Waals surface area contributed by atoms with Gasteiger partial charge in [0.25, 0.3) is 0 Å². The van der Waals surface area contributed by atoms with Crippen LogP contribution in [0.2, 0.25) is 0 Å². The molecule has 0 aromatic carbocycles. The van der Waals surface area contributed by atoms with Gasteiger partial charge in [-0.15, -0.1) is 18.1 Å². The molecule has 12 heavy (non-hydrogen) atoms. The molecule has 0 bridgehead atoms. The van der Waals surface area contributed by atoms with Gasteiger partial charge in [-0.2, -0.15) is 0 Å². The molecule has 0 radical (unpaired) electrons. The summed E-state index contributed by atoms with van der Waals surface area (Å²) in [7, 11) is -8.67. The van der Waals surface area contributed by atoms with Gasteiger partial charge in [-0.25, -0.2) is 0 Å². The van der Waals surface area contributed by atoms with E-state index in [1.807, 2.05) is 0 Å². The second-order valence-corrected chi connectivity index (χ2v) is 4.90. The molecule has 0 atom stereocenters. The van der Waals surface area contributed by atoms with E-state index in [0.29, 0.717) is 0 Å². The first-order valence-corrected chi connectivity index (χ1v) is 6.00. The van der Waals surface area contributed by atoms with Crippen LogP contribution >= 0.6 is 0 Å². The summed E-state index contributed by atoms with van der Waals surface area (Å²) in [4.78, 5) is 0. The quantitative estimate of drug-likeness (QED) is 0.328. The molecule has 0 spiro atoms. The van der Waals surface area contributed by atoms with Crippen molar-refractivity contribution < 1.29 is 26.6 Å². The van der Waals surface area contributed by atoms with Crippen molar-refractivity contribution in [2.75, 3.05) is 0 Å². The van der Waals surface area contributed by atoms with Crippen LogP contribution in [-0.4, -0.2) is 124 Å². The predicted octanol–water partition coefficient (Wildman–Crippen LogP) is -2.77. The molecule has 0 unspecified atom stereocenters. The normalized spacial score (nSPS) is 9.67. The van der Waals surface area contributed by atoms with Crippen LogP contribution in [0, 0.1) is 0 Å². The van der Waals surface area contributed by atoms with E-state index >= 15 is 0 Å². The Morgan fingerprint density at radius 2 is 0.750 bits per heavy atom. The van der Waals surface area contributed by atoms with Crippen LogP contribution < -0.4 is 0 Å². The average molecular weight is 499 g/mol. The van der Waals surface area contributed by atoms with Crippen LogP contribution in [-0.2, 0) is 40.5 Å². The Hall–Kier alpha value is 3.72. The summed E-state index contributed by atoms with van der Waals surface area (Å²) < 4.78 is 53.3. The minimum absolute atomic E-state index is 0. The second kappa shape index (κ2) is 11.2. The smallest absolute Gasteiger partial charge is 0.780 e. The molecule has 0 saturated heterocycles. The van der Waals surface area contributed by atoms with Gasteiger partial charge in [0.15, 0.2) is 0 Å².